The summed E-state index contributed by atoms with van der Waals surface area (Å²) in [6.07, 6.45) is 0.961. The highest BCUT2D eigenvalue weighted by Gasteiger charge is 2.54. The third kappa shape index (κ3) is 3.99. The van der Waals surface area contributed by atoms with Gasteiger partial charge in [0.05, 0.1) is 6.54 Å². The summed E-state index contributed by atoms with van der Waals surface area (Å²) in [6, 6.07) is 0. The van der Waals surface area contributed by atoms with E-state index in [0.29, 0.717) is 6.42 Å². The molecular formula is C15H25N3O4. The molecule has 1 saturated heterocycles. The average Bonchev–Trinajstić information content (AvgIpc) is 2.67. The minimum Gasteiger partial charge on any atom is -0.465 e. The van der Waals surface area contributed by atoms with E-state index in [9.17, 15) is 19.5 Å². The van der Waals surface area contributed by atoms with E-state index in [1.165, 1.54) is 6.92 Å². The molecule has 1 heterocycles. The van der Waals surface area contributed by atoms with Gasteiger partial charge in [-0.1, -0.05) is 6.08 Å². The minimum absolute atomic E-state index is 0.0671. The minimum atomic E-state index is -1.27. The van der Waals surface area contributed by atoms with Gasteiger partial charge in [-0.2, -0.15) is 0 Å². The van der Waals surface area contributed by atoms with Crippen molar-refractivity contribution in [3.8, 4) is 0 Å². The summed E-state index contributed by atoms with van der Waals surface area (Å²) in [5.41, 5.74) is -1.76. The molecule has 0 spiro atoms. The molecule has 0 aromatic heterocycles. The van der Waals surface area contributed by atoms with E-state index in [-0.39, 0.29) is 30.8 Å². The van der Waals surface area contributed by atoms with Gasteiger partial charge in [-0.15, -0.1) is 6.58 Å². The number of likely N-dealkylation sites (tertiary alicyclic amines) is 1. The van der Waals surface area contributed by atoms with Crippen LogP contribution in [0.3, 0.4) is 0 Å². The number of nitrogens with zero attached hydrogens (tertiary/aromatic N) is 1. The number of allylic oxidation sites excluding steroid dienone is 1. The number of carboxylic acid groups (broad SMARTS) is 1. The van der Waals surface area contributed by atoms with Crippen molar-refractivity contribution in [2.24, 2.45) is 5.92 Å². The lowest BCUT2D eigenvalue weighted by molar-refractivity contribution is -0.135. The van der Waals surface area contributed by atoms with Gasteiger partial charge in [0.2, 0.25) is 11.8 Å². The standard InChI is InChI=1S/C15H25N3O4/c1-6-7-11-8-18(13(21)22)9-15(11,16-10(2)19)12(20)17-14(3,4)5/h6,11H,1,7-9H2,2-5H3,(H,16,19)(H,17,20)(H,21,22)/t11-,15-/m0/s1. The first-order valence-corrected chi connectivity index (χ1v) is 7.22. The van der Waals surface area contributed by atoms with E-state index >= 15 is 0 Å². The number of hydrogen-bond donors (Lipinski definition) is 3. The third-order valence-corrected chi connectivity index (χ3v) is 3.59. The van der Waals surface area contributed by atoms with E-state index in [4.69, 9.17) is 0 Å². The van der Waals surface area contributed by atoms with Gasteiger partial charge in [0.1, 0.15) is 5.54 Å². The number of hydrogen-bond acceptors (Lipinski definition) is 3. The number of amides is 3. The van der Waals surface area contributed by atoms with Crippen LogP contribution in [0.4, 0.5) is 4.79 Å². The zero-order valence-electron chi connectivity index (χ0n) is 13.6. The summed E-state index contributed by atoms with van der Waals surface area (Å²) in [4.78, 5) is 36.9. The van der Waals surface area contributed by atoms with Crippen LogP contribution in [0.1, 0.15) is 34.1 Å². The summed E-state index contributed by atoms with van der Waals surface area (Å²) < 4.78 is 0. The van der Waals surface area contributed by atoms with Crippen LogP contribution in [-0.2, 0) is 9.59 Å². The Morgan fingerprint density at radius 3 is 2.41 bits per heavy atom. The van der Waals surface area contributed by atoms with Gasteiger partial charge in [0.25, 0.3) is 0 Å². The van der Waals surface area contributed by atoms with Crippen LogP contribution in [0.5, 0.6) is 0 Å². The molecular weight excluding hydrogens is 286 g/mol. The first kappa shape index (κ1) is 18.0. The average molecular weight is 311 g/mol. The Kier molecular flexibility index (Phi) is 5.22. The molecule has 7 nitrogen and oxygen atoms in total. The number of carbonyl (C=O) groups is 3. The fraction of sp³-hybridized carbons (Fsp3) is 0.667. The lowest BCUT2D eigenvalue weighted by atomic mass is 9.83. The molecule has 0 unspecified atom stereocenters. The van der Waals surface area contributed by atoms with Crippen LogP contribution < -0.4 is 10.6 Å². The Morgan fingerprint density at radius 1 is 1.41 bits per heavy atom. The smallest absolute Gasteiger partial charge is 0.407 e. The molecule has 3 N–H and O–H groups in total. The van der Waals surface area contributed by atoms with Crippen LogP contribution in [0.15, 0.2) is 12.7 Å². The Morgan fingerprint density at radius 2 is 2.00 bits per heavy atom. The van der Waals surface area contributed by atoms with E-state index < -0.39 is 17.2 Å². The second kappa shape index (κ2) is 6.37. The second-order valence-electron chi connectivity index (χ2n) is 6.74. The molecule has 1 aliphatic rings. The number of nitrogens with one attached hydrogen (secondary N) is 2. The Balaban J connectivity index is 3.21. The van der Waals surface area contributed by atoms with Gasteiger partial charge >= 0.3 is 6.09 Å². The van der Waals surface area contributed by atoms with Gasteiger partial charge in [-0.05, 0) is 27.2 Å². The lowest BCUT2D eigenvalue weighted by Crippen LogP contribution is -2.65. The Labute approximate surface area is 130 Å². The van der Waals surface area contributed by atoms with Gasteiger partial charge in [-0.25, -0.2) is 4.79 Å². The quantitative estimate of drug-likeness (QED) is 0.673. The highest BCUT2D eigenvalue weighted by molar-refractivity contribution is 5.93. The normalized spacial score (nSPS) is 24.7. The molecule has 124 valence electrons. The van der Waals surface area contributed by atoms with Crippen molar-refractivity contribution in [3.05, 3.63) is 12.7 Å². The van der Waals surface area contributed by atoms with Crippen molar-refractivity contribution in [1.29, 1.82) is 0 Å². The lowest BCUT2D eigenvalue weighted by Gasteiger charge is -2.36. The maximum atomic E-state index is 12.8. The highest BCUT2D eigenvalue weighted by atomic mass is 16.4. The molecule has 3 amide bonds. The first-order valence-electron chi connectivity index (χ1n) is 7.22. The van der Waals surface area contributed by atoms with E-state index in [2.05, 4.69) is 17.2 Å². The van der Waals surface area contributed by atoms with Crippen molar-refractivity contribution in [2.75, 3.05) is 13.1 Å². The molecule has 0 bridgehead atoms. The summed E-state index contributed by atoms with van der Waals surface area (Å²) >= 11 is 0. The van der Waals surface area contributed by atoms with E-state index in [0.717, 1.165) is 4.90 Å². The Hall–Kier alpha value is -2.05. The van der Waals surface area contributed by atoms with Crippen molar-refractivity contribution >= 4 is 17.9 Å². The molecule has 1 fully saturated rings. The largest absolute Gasteiger partial charge is 0.465 e. The van der Waals surface area contributed by atoms with Crippen LogP contribution in [0, 0.1) is 5.92 Å². The fourth-order valence-electron chi connectivity index (χ4n) is 2.76. The molecule has 7 heteroatoms. The predicted molar refractivity (Wildman–Crippen MR) is 82.3 cm³/mol. The maximum Gasteiger partial charge on any atom is 0.407 e. The molecule has 1 rings (SSSR count). The summed E-state index contributed by atoms with van der Waals surface area (Å²) in [6.45, 7) is 10.6. The van der Waals surface area contributed by atoms with Crippen molar-refractivity contribution in [1.82, 2.24) is 15.5 Å². The van der Waals surface area contributed by atoms with Gasteiger partial charge < -0.3 is 20.6 Å². The van der Waals surface area contributed by atoms with Crippen LogP contribution >= 0.6 is 0 Å². The third-order valence-electron chi connectivity index (χ3n) is 3.59. The highest BCUT2D eigenvalue weighted by Crippen LogP contribution is 2.32. The van der Waals surface area contributed by atoms with Crippen molar-refractivity contribution in [3.63, 3.8) is 0 Å². The van der Waals surface area contributed by atoms with Gasteiger partial charge in [0.15, 0.2) is 0 Å². The molecule has 22 heavy (non-hydrogen) atoms. The zero-order chi connectivity index (χ0) is 17.1. The number of rotatable bonds is 4. The molecule has 0 aromatic rings. The van der Waals surface area contributed by atoms with Crippen LogP contribution in [-0.4, -0.2) is 52.1 Å². The van der Waals surface area contributed by atoms with Crippen molar-refractivity contribution in [2.45, 2.75) is 45.2 Å². The zero-order valence-corrected chi connectivity index (χ0v) is 13.6. The molecule has 0 radical (unpaired) electrons. The SMILES string of the molecule is C=CC[C@H]1CN(C(=O)O)C[C@@]1(NC(C)=O)C(=O)NC(C)(C)C. The Bertz CT molecular complexity index is 484. The van der Waals surface area contributed by atoms with Crippen molar-refractivity contribution < 1.29 is 19.5 Å². The molecule has 0 saturated carbocycles. The molecule has 0 aromatic carbocycles. The summed E-state index contributed by atoms with van der Waals surface area (Å²) in [7, 11) is 0. The second-order valence-corrected chi connectivity index (χ2v) is 6.74. The molecule has 2 atom stereocenters. The predicted octanol–water partition coefficient (Wildman–Crippen LogP) is 0.962. The fourth-order valence-corrected chi connectivity index (χ4v) is 2.76. The van der Waals surface area contributed by atoms with E-state index in [1.54, 1.807) is 6.08 Å². The monoisotopic (exact) mass is 311 g/mol. The molecule has 1 aliphatic heterocycles. The summed E-state index contributed by atoms with van der Waals surface area (Å²) in [5.74, 6) is -1.09. The molecule has 0 aliphatic carbocycles. The van der Waals surface area contributed by atoms with Crippen LogP contribution in [0.25, 0.3) is 0 Å². The summed E-state index contributed by atoms with van der Waals surface area (Å²) in [5, 5.41) is 14.8. The van der Waals surface area contributed by atoms with Crippen LogP contribution in [0.2, 0.25) is 0 Å². The first-order chi connectivity index (χ1) is 10.0. The van der Waals surface area contributed by atoms with E-state index in [1.807, 2.05) is 20.8 Å². The van der Waals surface area contributed by atoms with Gasteiger partial charge in [-0.3, -0.25) is 9.59 Å². The van der Waals surface area contributed by atoms with Gasteiger partial charge in [0, 0.05) is 24.9 Å². The maximum absolute atomic E-state index is 12.8. The number of carbonyl (C=O) groups excluding carboxylic acids is 2. The topological polar surface area (TPSA) is 98.7 Å².